The lowest BCUT2D eigenvalue weighted by molar-refractivity contribution is -0.157. The van der Waals surface area contributed by atoms with Gasteiger partial charge in [0.1, 0.15) is 5.69 Å². The van der Waals surface area contributed by atoms with Crippen molar-refractivity contribution < 1.29 is 14.3 Å². The summed E-state index contributed by atoms with van der Waals surface area (Å²) in [5.74, 6) is -0.527. The van der Waals surface area contributed by atoms with E-state index >= 15 is 0 Å². The molecular weight excluding hydrogens is 358 g/mol. The number of hydrogen-bond donors (Lipinski definition) is 1. The molecule has 0 aliphatic carbocycles. The molecule has 7 heteroatoms. The number of nitrogens with zero attached hydrogens (tertiary/aromatic N) is 2. The van der Waals surface area contributed by atoms with E-state index in [1.807, 2.05) is 30.3 Å². The Labute approximate surface area is 162 Å². The minimum Gasteiger partial charge on any atom is -0.465 e. The number of rotatable bonds is 5. The van der Waals surface area contributed by atoms with Crippen LogP contribution in [-0.2, 0) is 16.0 Å². The largest absolute Gasteiger partial charge is 0.465 e. The second-order valence-corrected chi connectivity index (χ2v) is 7.51. The van der Waals surface area contributed by atoms with Gasteiger partial charge >= 0.3 is 5.97 Å². The van der Waals surface area contributed by atoms with Gasteiger partial charge < -0.3 is 14.6 Å². The first-order chi connectivity index (χ1) is 13.5. The molecule has 2 saturated heterocycles. The number of H-pyrrole nitrogens is 1. The fourth-order valence-corrected chi connectivity index (χ4v) is 4.83. The van der Waals surface area contributed by atoms with Crippen molar-refractivity contribution in [2.24, 2.45) is 5.41 Å². The smallest absolute Gasteiger partial charge is 0.314 e. The number of nitrogens with one attached hydrogen (secondary N) is 1. The molecular formula is C21H23N3O4. The molecule has 28 heavy (non-hydrogen) atoms. The normalized spacial score (nSPS) is 25.7. The van der Waals surface area contributed by atoms with Crippen LogP contribution in [0, 0.1) is 5.41 Å². The Hall–Kier alpha value is -2.96. The van der Waals surface area contributed by atoms with Crippen LogP contribution in [-0.4, -0.2) is 45.4 Å². The van der Waals surface area contributed by atoms with Crippen molar-refractivity contribution in [1.29, 1.82) is 0 Å². The molecule has 2 fully saturated rings. The number of ether oxygens (including phenoxy) is 1. The van der Waals surface area contributed by atoms with Crippen LogP contribution in [0.1, 0.15) is 42.2 Å². The number of benzene rings is 1. The number of esters is 1. The summed E-state index contributed by atoms with van der Waals surface area (Å²) < 4.78 is 5.46. The molecule has 2 bridgehead atoms. The van der Waals surface area contributed by atoms with Crippen LogP contribution in [0.15, 0.2) is 47.5 Å². The zero-order valence-electron chi connectivity index (χ0n) is 15.8. The van der Waals surface area contributed by atoms with Gasteiger partial charge in [0.25, 0.3) is 11.5 Å². The van der Waals surface area contributed by atoms with Gasteiger partial charge in [-0.2, -0.15) is 0 Å². The van der Waals surface area contributed by atoms with Crippen molar-refractivity contribution >= 4 is 11.9 Å². The fourth-order valence-electron chi connectivity index (χ4n) is 4.83. The molecule has 0 radical (unpaired) electrons. The number of carbonyl (C=O) groups excluding carboxylic acids is 2. The van der Waals surface area contributed by atoms with Crippen molar-refractivity contribution in [2.45, 2.75) is 44.7 Å². The minimum atomic E-state index is -0.765. The Kier molecular flexibility index (Phi) is 4.75. The standard InChI is InChI=1S/C21H23N3O4/c1-2-28-20(27)21(10-14-6-4-3-5-7-14)11-15-8-9-17(21)24(15)19(26)16-12-22-13-18(25)23-16/h3-7,12-13,15,17H,2,8-11H2,1H3,(H,23,25)/t15-,17+,21+/m1/s1. The summed E-state index contributed by atoms with van der Waals surface area (Å²) in [6.07, 6.45) is 5.19. The van der Waals surface area contributed by atoms with E-state index in [0.29, 0.717) is 19.4 Å². The maximum atomic E-state index is 13.1. The number of carbonyl (C=O) groups is 2. The van der Waals surface area contributed by atoms with Crippen molar-refractivity contribution in [3.8, 4) is 0 Å². The minimum absolute atomic E-state index is 0.0469. The summed E-state index contributed by atoms with van der Waals surface area (Å²) in [5.41, 5.74) is 0.0192. The highest BCUT2D eigenvalue weighted by Gasteiger charge is 2.62. The van der Waals surface area contributed by atoms with Crippen LogP contribution in [0.25, 0.3) is 0 Å². The molecule has 2 aromatic rings. The third kappa shape index (κ3) is 3.00. The van der Waals surface area contributed by atoms with E-state index in [2.05, 4.69) is 9.97 Å². The van der Waals surface area contributed by atoms with E-state index in [0.717, 1.165) is 24.6 Å². The van der Waals surface area contributed by atoms with E-state index in [-0.39, 0.29) is 29.7 Å². The molecule has 0 spiro atoms. The number of aromatic nitrogens is 2. The molecule has 1 aromatic heterocycles. The maximum Gasteiger partial charge on any atom is 0.314 e. The summed E-state index contributed by atoms with van der Waals surface area (Å²) >= 11 is 0. The molecule has 3 heterocycles. The average Bonchev–Trinajstić information content (AvgIpc) is 3.25. The second kappa shape index (κ2) is 7.22. The van der Waals surface area contributed by atoms with Gasteiger partial charge in [-0.25, -0.2) is 0 Å². The first-order valence-electron chi connectivity index (χ1n) is 9.63. The third-order valence-corrected chi connectivity index (χ3v) is 5.90. The Balaban J connectivity index is 1.70. The number of amides is 1. The summed E-state index contributed by atoms with van der Waals surface area (Å²) in [4.78, 5) is 46.0. The molecule has 3 atom stereocenters. The Morgan fingerprint density at radius 1 is 1.25 bits per heavy atom. The Morgan fingerprint density at radius 2 is 2.04 bits per heavy atom. The summed E-state index contributed by atoms with van der Waals surface area (Å²) in [6, 6.07) is 9.53. The van der Waals surface area contributed by atoms with Crippen LogP contribution in [0.4, 0.5) is 0 Å². The van der Waals surface area contributed by atoms with Gasteiger partial charge in [-0.05, 0) is 38.2 Å². The maximum absolute atomic E-state index is 13.1. The van der Waals surface area contributed by atoms with Gasteiger partial charge in [0, 0.05) is 12.1 Å². The number of hydrogen-bond acceptors (Lipinski definition) is 5. The number of fused-ring (bicyclic) bond motifs is 2. The first kappa shape index (κ1) is 18.4. The zero-order valence-corrected chi connectivity index (χ0v) is 15.8. The molecule has 0 unspecified atom stereocenters. The third-order valence-electron chi connectivity index (χ3n) is 5.90. The zero-order chi connectivity index (χ0) is 19.7. The molecule has 0 saturated carbocycles. The van der Waals surface area contributed by atoms with Crippen LogP contribution in [0.5, 0.6) is 0 Å². The van der Waals surface area contributed by atoms with Crippen LogP contribution in [0.3, 0.4) is 0 Å². The van der Waals surface area contributed by atoms with E-state index < -0.39 is 11.0 Å². The molecule has 1 N–H and O–H groups in total. The highest BCUT2D eigenvalue weighted by atomic mass is 16.5. The van der Waals surface area contributed by atoms with Crippen LogP contribution in [0.2, 0.25) is 0 Å². The SMILES string of the molecule is CCOC(=O)[C@@]1(Cc2ccccc2)C[C@H]2CC[C@@H]1N2C(=O)c1cncc(=O)[nH]1. The fraction of sp³-hybridized carbons (Fsp3) is 0.429. The lowest BCUT2D eigenvalue weighted by Gasteiger charge is -2.35. The van der Waals surface area contributed by atoms with Gasteiger partial charge in [0.05, 0.1) is 24.4 Å². The second-order valence-electron chi connectivity index (χ2n) is 7.51. The van der Waals surface area contributed by atoms with Crippen LogP contribution >= 0.6 is 0 Å². The van der Waals surface area contributed by atoms with Crippen molar-refractivity contribution in [1.82, 2.24) is 14.9 Å². The average molecular weight is 381 g/mol. The molecule has 146 valence electrons. The van der Waals surface area contributed by atoms with Crippen molar-refractivity contribution in [3.05, 3.63) is 64.3 Å². The predicted molar refractivity (Wildman–Crippen MR) is 102 cm³/mol. The molecule has 1 amide bonds. The summed E-state index contributed by atoms with van der Waals surface area (Å²) in [7, 11) is 0. The topological polar surface area (TPSA) is 92.4 Å². The van der Waals surface area contributed by atoms with Gasteiger partial charge in [0.2, 0.25) is 0 Å². The molecule has 1 aromatic carbocycles. The van der Waals surface area contributed by atoms with Gasteiger partial charge in [-0.1, -0.05) is 30.3 Å². The summed E-state index contributed by atoms with van der Waals surface area (Å²) in [5, 5.41) is 0. The summed E-state index contributed by atoms with van der Waals surface area (Å²) in [6.45, 7) is 2.10. The van der Waals surface area contributed by atoms with E-state index in [9.17, 15) is 14.4 Å². The highest BCUT2D eigenvalue weighted by molar-refractivity contribution is 5.94. The predicted octanol–water partition coefficient (Wildman–Crippen LogP) is 1.94. The van der Waals surface area contributed by atoms with E-state index in [1.165, 1.54) is 6.20 Å². The molecule has 2 aliphatic heterocycles. The Bertz CT molecular complexity index is 942. The molecule has 4 rings (SSSR count). The molecule has 7 nitrogen and oxygen atoms in total. The van der Waals surface area contributed by atoms with Gasteiger partial charge in [0.15, 0.2) is 0 Å². The van der Waals surface area contributed by atoms with E-state index in [1.54, 1.807) is 11.8 Å². The molecule has 2 aliphatic rings. The first-order valence-corrected chi connectivity index (χ1v) is 9.63. The van der Waals surface area contributed by atoms with Crippen LogP contribution < -0.4 is 5.56 Å². The monoisotopic (exact) mass is 381 g/mol. The number of aromatic amines is 1. The van der Waals surface area contributed by atoms with Crippen molar-refractivity contribution in [2.75, 3.05) is 6.61 Å². The lowest BCUT2D eigenvalue weighted by atomic mass is 9.70. The lowest BCUT2D eigenvalue weighted by Crippen LogP contribution is -2.47. The van der Waals surface area contributed by atoms with Gasteiger partial charge in [-0.3, -0.25) is 19.4 Å². The van der Waals surface area contributed by atoms with E-state index in [4.69, 9.17) is 4.74 Å². The van der Waals surface area contributed by atoms with Crippen molar-refractivity contribution in [3.63, 3.8) is 0 Å². The quantitative estimate of drug-likeness (QED) is 0.799. The highest BCUT2D eigenvalue weighted by Crippen LogP contribution is 2.52. The van der Waals surface area contributed by atoms with Gasteiger partial charge in [-0.15, -0.1) is 0 Å². The Morgan fingerprint density at radius 3 is 2.75 bits per heavy atom.